The van der Waals surface area contributed by atoms with E-state index in [2.05, 4.69) is 4.74 Å². The summed E-state index contributed by atoms with van der Waals surface area (Å²) in [4.78, 5) is 0. The van der Waals surface area contributed by atoms with Gasteiger partial charge in [-0.2, -0.15) is 30.7 Å². The molecule has 35 heavy (non-hydrogen) atoms. The highest BCUT2D eigenvalue weighted by Crippen LogP contribution is 2.45. The van der Waals surface area contributed by atoms with Crippen LogP contribution in [0.5, 0.6) is 0 Å². The summed E-state index contributed by atoms with van der Waals surface area (Å²) in [7, 11) is -6.46. The monoisotopic (exact) mass is 578 g/mol. The predicted octanol–water partition coefficient (Wildman–Crippen LogP) is 7.22. The third-order valence-electron chi connectivity index (χ3n) is 5.41. The molecular weight excluding hydrogens is 540 g/mol. The molecular formula is C20H38F8O4Si3. The second-order valence-electron chi connectivity index (χ2n) is 11.4. The van der Waals surface area contributed by atoms with Gasteiger partial charge in [0.2, 0.25) is 0 Å². The van der Waals surface area contributed by atoms with Crippen LogP contribution >= 0.6 is 0 Å². The largest absolute Gasteiger partial charge is 0.437 e. The van der Waals surface area contributed by atoms with Crippen LogP contribution in [-0.2, 0) is 13.0 Å². The minimum absolute atomic E-state index is 0.0295. The molecule has 0 bridgehead atoms. The zero-order valence-electron chi connectivity index (χ0n) is 21.2. The van der Waals surface area contributed by atoms with Crippen molar-refractivity contribution in [3.05, 3.63) is 0 Å². The van der Waals surface area contributed by atoms with Crippen molar-refractivity contribution in [1.29, 1.82) is 0 Å². The molecule has 0 aromatic carbocycles. The molecule has 1 N–H and O–H groups in total. The zero-order chi connectivity index (χ0) is 27.7. The van der Waals surface area contributed by atoms with Crippen molar-refractivity contribution in [2.24, 2.45) is 5.92 Å². The molecule has 4 unspecified atom stereocenters. The van der Waals surface area contributed by atoms with E-state index < -0.39 is 68.2 Å². The summed E-state index contributed by atoms with van der Waals surface area (Å²) in [6.07, 6.45) is -20.6. The fourth-order valence-corrected chi connectivity index (χ4v) is 16.9. The molecule has 210 valence electrons. The zero-order valence-corrected chi connectivity index (χ0v) is 24.2. The minimum atomic E-state index is -5.71. The molecule has 0 saturated heterocycles. The molecule has 4 nitrogen and oxygen atoms in total. The molecule has 15 heteroatoms. The van der Waals surface area contributed by atoms with Crippen LogP contribution in [0.3, 0.4) is 0 Å². The average Bonchev–Trinajstić information content (AvgIpc) is 2.57. The van der Waals surface area contributed by atoms with E-state index in [1.54, 1.807) is 0 Å². The third-order valence-corrected chi connectivity index (χ3v) is 15.0. The van der Waals surface area contributed by atoms with Crippen LogP contribution in [0.25, 0.3) is 0 Å². The van der Waals surface area contributed by atoms with Gasteiger partial charge in [0.1, 0.15) is 0 Å². The van der Waals surface area contributed by atoms with E-state index >= 15 is 0 Å². The van der Waals surface area contributed by atoms with Gasteiger partial charge in [0.15, 0.2) is 22.8 Å². The second-order valence-corrected chi connectivity index (χ2v) is 24.3. The van der Waals surface area contributed by atoms with Crippen molar-refractivity contribution in [3.8, 4) is 0 Å². The minimum Gasteiger partial charge on any atom is -0.437 e. The molecule has 0 aromatic heterocycles. The lowest BCUT2D eigenvalue weighted by molar-refractivity contribution is -0.386. The molecule has 1 fully saturated rings. The van der Waals surface area contributed by atoms with E-state index in [0.29, 0.717) is 12.5 Å². The number of rotatable bonds is 12. The first kappa shape index (κ1) is 33.0. The molecule has 4 atom stereocenters. The van der Waals surface area contributed by atoms with Crippen molar-refractivity contribution in [3.63, 3.8) is 0 Å². The maximum atomic E-state index is 14.0. The second kappa shape index (κ2) is 11.4. The van der Waals surface area contributed by atoms with Gasteiger partial charge in [0.25, 0.3) is 0 Å². The van der Waals surface area contributed by atoms with Crippen molar-refractivity contribution in [2.75, 3.05) is 0 Å². The Balaban J connectivity index is 2.78. The van der Waals surface area contributed by atoms with E-state index in [0.717, 1.165) is 0 Å². The maximum Gasteiger partial charge on any atom is 0.422 e. The highest BCUT2D eigenvalue weighted by molar-refractivity contribution is 6.87. The van der Waals surface area contributed by atoms with E-state index in [1.807, 2.05) is 45.8 Å². The van der Waals surface area contributed by atoms with Gasteiger partial charge in [-0.25, -0.2) is 4.39 Å². The van der Waals surface area contributed by atoms with Crippen LogP contribution < -0.4 is 0 Å². The number of aliphatic hydroxyl groups is 1. The SMILES string of the molecule is C[Si](C)(C)O[Si](C)(CCC1CCC(OC(F)(F)C(F)(F)C(F)CC(F)(F)F)C(O)C1)O[Si](C)(C)C. The van der Waals surface area contributed by atoms with Crippen LogP contribution in [-0.4, -0.2) is 66.9 Å². The van der Waals surface area contributed by atoms with Gasteiger partial charge in [-0.1, -0.05) is 0 Å². The molecule has 0 spiro atoms. The lowest BCUT2D eigenvalue weighted by Crippen LogP contribution is -2.54. The van der Waals surface area contributed by atoms with Crippen molar-refractivity contribution >= 4 is 25.2 Å². The fraction of sp³-hybridized carbons (Fsp3) is 1.00. The number of hydrogen-bond acceptors (Lipinski definition) is 4. The normalized spacial score (nSPS) is 24.5. The quantitative estimate of drug-likeness (QED) is 0.196. The molecule has 1 aliphatic rings. The summed E-state index contributed by atoms with van der Waals surface area (Å²) in [6.45, 7) is 14.3. The van der Waals surface area contributed by atoms with E-state index in [1.165, 1.54) is 0 Å². The molecule has 1 aliphatic carbocycles. The molecule has 0 amide bonds. The molecule has 0 aliphatic heterocycles. The highest BCUT2D eigenvalue weighted by atomic mass is 28.5. The Hall–Kier alpha value is -0.0694. The van der Waals surface area contributed by atoms with Crippen molar-refractivity contribution in [1.82, 2.24) is 0 Å². The Labute approximate surface area is 205 Å². The van der Waals surface area contributed by atoms with Gasteiger partial charge >= 0.3 is 26.8 Å². The summed E-state index contributed by atoms with van der Waals surface area (Å²) < 4.78 is 122. The molecule has 0 aromatic rings. The Kier molecular flexibility index (Phi) is 10.7. The van der Waals surface area contributed by atoms with Crippen molar-refractivity contribution < 1.29 is 53.2 Å². The number of halogens is 8. The first-order chi connectivity index (χ1) is 15.4. The highest BCUT2D eigenvalue weighted by Gasteiger charge is 2.66. The first-order valence-electron chi connectivity index (χ1n) is 11.6. The number of hydrogen-bond donors (Lipinski definition) is 1. The topological polar surface area (TPSA) is 47.9 Å². The predicted molar refractivity (Wildman–Crippen MR) is 124 cm³/mol. The van der Waals surface area contributed by atoms with Gasteiger partial charge in [0.05, 0.1) is 18.6 Å². The summed E-state index contributed by atoms with van der Waals surface area (Å²) in [5.74, 6) is -5.85. The van der Waals surface area contributed by atoms with Gasteiger partial charge in [-0.3, -0.25) is 0 Å². The lowest BCUT2D eigenvalue weighted by Gasteiger charge is -2.40. The third kappa shape index (κ3) is 11.1. The van der Waals surface area contributed by atoms with Gasteiger partial charge in [0, 0.05) is 0 Å². The first-order valence-corrected chi connectivity index (χ1v) is 20.9. The van der Waals surface area contributed by atoms with Crippen LogP contribution in [0.15, 0.2) is 0 Å². The van der Waals surface area contributed by atoms with Crippen LogP contribution in [0.2, 0.25) is 51.9 Å². The van der Waals surface area contributed by atoms with Gasteiger partial charge in [-0.15, -0.1) is 0 Å². The van der Waals surface area contributed by atoms with E-state index in [4.69, 9.17) is 8.23 Å². The average molecular weight is 579 g/mol. The van der Waals surface area contributed by atoms with Crippen LogP contribution in [0.4, 0.5) is 35.1 Å². The summed E-state index contributed by atoms with van der Waals surface area (Å²) in [5, 5.41) is 10.3. The Morgan fingerprint density at radius 3 is 1.74 bits per heavy atom. The van der Waals surface area contributed by atoms with Crippen molar-refractivity contribution in [2.45, 2.75) is 121 Å². The molecule has 0 radical (unpaired) electrons. The fourth-order valence-electron chi connectivity index (χ4n) is 4.27. The van der Waals surface area contributed by atoms with E-state index in [9.17, 15) is 40.2 Å². The van der Waals surface area contributed by atoms with Gasteiger partial charge in [-0.05, 0) is 83.5 Å². The van der Waals surface area contributed by atoms with Gasteiger partial charge < -0.3 is 18.1 Å². The molecule has 1 saturated carbocycles. The smallest absolute Gasteiger partial charge is 0.422 e. The lowest BCUT2D eigenvalue weighted by atomic mass is 9.83. The number of alkyl halides is 8. The summed E-state index contributed by atoms with van der Waals surface area (Å²) >= 11 is 0. The summed E-state index contributed by atoms with van der Waals surface area (Å²) in [6, 6.07) is 0.597. The van der Waals surface area contributed by atoms with Crippen LogP contribution in [0.1, 0.15) is 32.1 Å². The summed E-state index contributed by atoms with van der Waals surface area (Å²) in [5.41, 5.74) is 0. The Morgan fingerprint density at radius 2 is 1.34 bits per heavy atom. The maximum absolute atomic E-state index is 14.0. The van der Waals surface area contributed by atoms with Crippen LogP contribution in [0, 0.1) is 5.92 Å². The Morgan fingerprint density at radius 1 is 0.857 bits per heavy atom. The number of ether oxygens (including phenoxy) is 1. The Bertz CT molecular complexity index is 667. The van der Waals surface area contributed by atoms with E-state index in [-0.39, 0.29) is 25.2 Å². The molecule has 1 rings (SSSR count). The molecule has 0 heterocycles. The standard InChI is InChI=1S/C20H38F8O4Si3/c1-33(2,3)31-35(7,32-34(4,5)6)11-10-14-8-9-16(15(29)12-14)30-20(27,28)19(25,26)17(21)13-18(22,23)24/h14-17,29H,8-13H2,1-7H3. The number of aliphatic hydroxyl groups excluding tert-OH is 1.